The first-order valence-corrected chi connectivity index (χ1v) is 6.31. The molecule has 17 heavy (non-hydrogen) atoms. The fraction of sp³-hybridized carbons (Fsp3) is 0.692. The molecule has 0 saturated carbocycles. The molecule has 1 heterocycles. The Labute approximate surface area is 103 Å². The van der Waals surface area contributed by atoms with E-state index in [-0.39, 0.29) is 5.91 Å². The van der Waals surface area contributed by atoms with Crippen molar-refractivity contribution in [1.82, 2.24) is 4.90 Å². The van der Waals surface area contributed by atoms with Crippen LogP contribution in [0.4, 0.5) is 0 Å². The Balaban J connectivity index is 2.83. The van der Waals surface area contributed by atoms with Gasteiger partial charge in [-0.1, -0.05) is 13.0 Å². The van der Waals surface area contributed by atoms with E-state index in [1.807, 2.05) is 31.7 Å². The minimum atomic E-state index is 0.0464. The van der Waals surface area contributed by atoms with Crippen molar-refractivity contribution >= 4 is 11.6 Å². The van der Waals surface area contributed by atoms with Gasteiger partial charge in [0, 0.05) is 19.6 Å². The molecule has 0 radical (unpaired) electrons. The van der Waals surface area contributed by atoms with Crippen molar-refractivity contribution in [3.05, 3.63) is 11.6 Å². The van der Waals surface area contributed by atoms with Crippen LogP contribution < -0.4 is 0 Å². The van der Waals surface area contributed by atoms with Gasteiger partial charge in [-0.2, -0.15) is 0 Å². The molecule has 0 aliphatic carbocycles. The minimum Gasteiger partial charge on any atom is -0.378 e. The summed E-state index contributed by atoms with van der Waals surface area (Å²) in [7, 11) is 0. The zero-order chi connectivity index (χ0) is 12.7. The molecule has 1 amide bonds. The van der Waals surface area contributed by atoms with Crippen molar-refractivity contribution in [2.75, 3.05) is 32.8 Å². The standard InChI is InChI=1S/C13H22N2O2/c1-4-11(5-2)12(14-6-3)13(16)15-7-9-17-10-8-15/h4H,5-10H2,1-3H3/b11-4-,14-12?. The predicted molar refractivity (Wildman–Crippen MR) is 69.4 cm³/mol. The Morgan fingerprint density at radius 2 is 2.00 bits per heavy atom. The monoisotopic (exact) mass is 238 g/mol. The van der Waals surface area contributed by atoms with Crippen LogP contribution in [0.5, 0.6) is 0 Å². The van der Waals surface area contributed by atoms with E-state index < -0.39 is 0 Å². The van der Waals surface area contributed by atoms with Gasteiger partial charge in [-0.3, -0.25) is 9.79 Å². The van der Waals surface area contributed by atoms with E-state index in [4.69, 9.17) is 4.74 Å². The molecule has 1 saturated heterocycles. The molecule has 0 atom stereocenters. The molecule has 4 heteroatoms. The summed E-state index contributed by atoms with van der Waals surface area (Å²) in [4.78, 5) is 18.5. The normalized spacial score (nSPS) is 18.4. The van der Waals surface area contributed by atoms with Gasteiger partial charge in [0.1, 0.15) is 5.71 Å². The number of carbonyl (C=O) groups is 1. The first kappa shape index (κ1) is 13.9. The average Bonchev–Trinajstić information content (AvgIpc) is 2.39. The topological polar surface area (TPSA) is 41.9 Å². The van der Waals surface area contributed by atoms with Gasteiger partial charge in [-0.25, -0.2) is 0 Å². The molecular weight excluding hydrogens is 216 g/mol. The second-order valence-electron chi connectivity index (χ2n) is 3.89. The third-order valence-corrected chi connectivity index (χ3v) is 2.85. The number of allylic oxidation sites excluding steroid dienone is 1. The van der Waals surface area contributed by atoms with Gasteiger partial charge >= 0.3 is 0 Å². The van der Waals surface area contributed by atoms with Crippen molar-refractivity contribution in [2.24, 2.45) is 4.99 Å². The molecule has 0 spiro atoms. The number of morpholine rings is 1. The summed E-state index contributed by atoms with van der Waals surface area (Å²) < 4.78 is 5.25. The number of ether oxygens (including phenoxy) is 1. The van der Waals surface area contributed by atoms with E-state index >= 15 is 0 Å². The van der Waals surface area contributed by atoms with Gasteiger partial charge in [0.15, 0.2) is 0 Å². The van der Waals surface area contributed by atoms with Gasteiger partial charge in [-0.15, -0.1) is 0 Å². The highest BCUT2D eigenvalue weighted by molar-refractivity contribution is 6.45. The van der Waals surface area contributed by atoms with Crippen LogP contribution in [0.15, 0.2) is 16.6 Å². The van der Waals surface area contributed by atoms with Crippen molar-refractivity contribution in [3.63, 3.8) is 0 Å². The minimum absolute atomic E-state index is 0.0464. The lowest BCUT2D eigenvalue weighted by Crippen LogP contribution is -2.44. The molecule has 0 aromatic rings. The fourth-order valence-corrected chi connectivity index (χ4v) is 1.89. The highest BCUT2D eigenvalue weighted by atomic mass is 16.5. The van der Waals surface area contributed by atoms with Crippen molar-refractivity contribution in [1.29, 1.82) is 0 Å². The second kappa shape index (κ2) is 7.22. The van der Waals surface area contributed by atoms with Crippen LogP contribution in [-0.4, -0.2) is 49.4 Å². The van der Waals surface area contributed by atoms with E-state index in [0.717, 1.165) is 12.0 Å². The quantitative estimate of drug-likeness (QED) is 0.699. The summed E-state index contributed by atoms with van der Waals surface area (Å²) in [6.45, 7) is 9.19. The van der Waals surface area contributed by atoms with Gasteiger partial charge in [0.25, 0.3) is 5.91 Å². The summed E-state index contributed by atoms with van der Waals surface area (Å²) in [5.41, 5.74) is 1.66. The van der Waals surface area contributed by atoms with Gasteiger partial charge < -0.3 is 9.64 Å². The Bertz CT molecular complexity index is 315. The highest BCUT2D eigenvalue weighted by Gasteiger charge is 2.23. The highest BCUT2D eigenvalue weighted by Crippen LogP contribution is 2.09. The lowest BCUT2D eigenvalue weighted by Gasteiger charge is -2.27. The summed E-state index contributed by atoms with van der Waals surface area (Å²) in [6, 6.07) is 0. The van der Waals surface area contributed by atoms with E-state index in [1.54, 1.807) is 0 Å². The van der Waals surface area contributed by atoms with Crippen LogP contribution in [0.1, 0.15) is 27.2 Å². The molecule has 0 unspecified atom stereocenters. The predicted octanol–water partition coefficient (Wildman–Crippen LogP) is 1.66. The Hall–Kier alpha value is -1.16. The number of hydrogen-bond acceptors (Lipinski definition) is 3. The fourth-order valence-electron chi connectivity index (χ4n) is 1.89. The molecule has 0 bridgehead atoms. The average molecular weight is 238 g/mol. The summed E-state index contributed by atoms with van der Waals surface area (Å²) in [6.07, 6.45) is 2.82. The molecule has 4 nitrogen and oxygen atoms in total. The molecule has 1 aliphatic rings. The maximum absolute atomic E-state index is 12.3. The number of aliphatic imine (C=N–C) groups is 1. The van der Waals surface area contributed by atoms with Crippen LogP contribution in [0.2, 0.25) is 0 Å². The van der Waals surface area contributed by atoms with Crippen molar-refractivity contribution in [3.8, 4) is 0 Å². The van der Waals surface area contributed by atoms with Crippen LogP contribution in [-0.2, 0) is 9.53 Å². The molecule has 96 valence electrons. The summed E-state index contributed by atoms with van der Waals surface area (Å²) >= 11 is 0. The molecule has 1 fully saturated rings. The largest absolute Gasteiger partial charge is 0.378 e. The Kier molecular flexibility index (Phi) is 5.91. The third-order valence-electron chi connectivity index (χ3n) is 2.85. The van der Waals surface area contributed by atoms with Crippen LogP contribution in [0.3, 0.4) is 0 Å². The summed E-state index contributed by atoms with van der Waals surface area (Å²) in [5, 5.41) is 0. The third kappa shape index (κ3) is 3.66. The molecule has 0 aromatic heterocycles. The number of hydrogen-bond donors (Lipinski definition) is 0. The smallest absolute Gasteiger partial charge is 0.272 e. The Morgan fingerprint density at radius 1 is 1.35 bits per heavy atom. The van der Waals surface area contributed by atoms with E-state index in [9.17, 15) is 4.79 Å². The van der Waals surface area contributed by atoms with Crippen LogP contribution >= 0.6 is 0 Å². The van der Waals surface area contributed by atoms with Crippen LogP contribution in [0, 0.1) is 0 Å². The van der Waals surface area contributed by atoms with Gasteiger partial charge in [0.2, 0.25) is 0 Å². The van der Waals surface area contributed by atoms with E-state index in [1.165, 1.54) is 0 Å². The first-order valence-electron chi connectivity index (χ1n) is 6.31. The zero-order valence-electron chi connectivity index (χ0n) is 11.0. The number of rotatable bonds is 4. The maximum atomic E-state index is 12.3. The molecular formula is C13H22N2O2. The van der Waals surface area contributed by atoms with Gasteiger partial charge in [-0.05, 0) is 25.8 Å². The SMILES string of the molecule is C/C=C(/CC)C(=NCC)C(=O)N1CCOCC1. The molecule has 0 N–H and O–H groups in total. The van der Waals surface area contributed by atoms with E-state index in [2.05, 4.69) is 4.99 Å². The number of amides is 1. The second-order valence-corrected chi connectivity index (χ2v) is 3.89. The molecule has 1 aliphatic heterocycles. The summed E-state index contributed by atoms with van der Waals surface area (Å²) in [5.74, 6) is 0.0464. The lowest BCUT2D eigenvalue weighted by atomic mass is 10.1. The first-order chi connectivity index (χ1) is 8.24. The van der Waals surface area contributed by atoms with Crippen LogP contribution in [0.25, 0.3) is 0 Å². The van der Waals surface area contributed by atoms with Gasteiger partial charge in [0.05, 0.1) is 13.2 Å². The number of carbonyl (C=O) groups excluding carboxylic acids is 1. The maximum Gasteiger partial charge on any atom is 0.272 e. The zero-order valence-corrected chi connectivity index (χ0v) is 11.0. The molecule has 0 aromatic carbocycles. The van der Waals surface area contributed by atoms with E-state index in [0.29, 0.717) is 38.6 Å². The Morgan fingerprint density at radius 3 is 2.47 bits per heavy atom. The lowest BCUT2D eigenvalue weighted by molar-refractivity contribution is -0.127. The van der Waals surface area contributed by atoms with Crippen molar-refractivity contribution < 1.29 is 9.53 Å². The van der Waals surface area contributed by atoms with Crippen molar-refractivity contribution in [2.45, 2.75) is 27.2 Å². The molecule has 1 rings (SSSR count). The number of nitrogens with zero attached hydrogens (tertiary/aromatic N) is 2.